The number of carbonyl (C=O) groups is 1. The number of carboxylic acid groups (broad SMARTS) is 1. The molecule has 6 heteroatoms. The average Bonchev–Trinajstić information content (AvgIpc) is 1.60. The highest BCUT2D eigenvalue weighted by Gasteiger charge is 2.26. The Labute approximate surface area is 58.9 Å². The Morgan fingerprint density at radius 3 is 2.20 bits per heavy atom. The first-order chi connectivity index (χ1) is 4.34. The molecule has 0 saturated carbocycles. The van der Waals surface area contributed by atoms with E-state index in [4.69, 9.17) is 21.1 Å². The predicted octanol–water partition coefficient (Wildman–Crippen LogP) is -2.40. The predicted molar refractivity (Wildman–Crippen MR) is 33.2 cm³/mol. The maximum absolute atomic E-state index is 9.90. The molecular weight excluding hydrogens is 137 g/mol. The molecule has 0 fully saturated rings. The van der Waals surface area contributed by atoms with E-state index in [2.05, 4.69) is 7.85 Å². The summed E-state index contributed by atoms with van der Waals surface area (Å²) in [6.07, 6.45) is -0.580. The highest BCUT2D eigenvalue weighted by molar-refractivity contribution is 6.13. The Kier molecular flexibility index (Phi) is 2.83. The SMILES string of the molecule is [B]C(O)(O)C(N)CC(=O)O. The zero-order chi connectivity index (χ0) is 8.36. The van der Waals surface area contributed by atoms with Gasteiger partial charge in [-0.15, -0.1) is 0 Å². The molecule has 0 aromatic carbocycles. The normalized spacial score (nSPS) is 14.7. The molecule has 2 radical (unpaired) electrons. The zero-order valence-corrected chi connectivity index (χ0v) is 5.19. The summed E-state index contributed by atoms with van der Waals surface area (Å²) in [6.45, 7) is 0. The summed E-state index contributed by atoms with van der Waals surface area (Å²) in [6, 6.07) is -1.37. The minimum atomic E-state index is -2.61. The second kappa shape index (κ2) is 3.00. The topological polar surface area (TPSA) is 104 Å². The highest BCUT2D eigenvalue weighted by Crippen LogP contribution is 2.01. The van der Waals surface area contributed by atoms with E-state index in [0.717, 1.165) is 0 Å². The van der Waals surface area contributed by atoms with Crippen LogP contribution in [0.2, 0.25) is 0 Å². The lowest BCUT2D eigenvalue weighted by Gasteiger charge is -2.22. The Morgan fingerprint density at radius 2 is 2.10 bits per heavy atom. The number of hydrogen-bond acceptors (Lipinski definition) is 4. The van der Waals surface area contributed by atoms with Crippen LogP contribution in [0.3, 0.4) is 0 Å². The minimum absolute atomic E-state index is 0.580. The van der Waals surface area contributed by atoms with Crippen molar-refractivity contribution in [2.24, 2.45) is 5.73 Å². The average molecular weight is 145 g/mol. The van der Waals surface area contributed by atoms with Crippen molar-refractivity contribution in [3.63, 3.8) is 0 Å². The summed E-state index contributed by atoms with van der Waals surface area (Å²) < 4.78 is 0. The largest absolute Gasteiger partial charge is 0.481 e. The molecule has 56 valence electrons. The van der Waals surface area contributed by atoms with Crippen LogP contribution in [0.4, 0.5) is 0 Å². The molecule has 0 aromatic rings. The molecule has 0 aliphatic rings. The highest BCUT2D eigenvalue weighted by atomic mass is 16.5. The second-order valence-corrected chi connectivity index (χ2v) is 1.99. The third-order valence-corrected chi connectivity index (χ3v) is 0.940. The van der Waals surface area contributed by atoms with E-state index in [1.807, 2.05) is 0 Å². The fraction of sp³-hybridized carbons (Fsp3) is 0.750. The monoisotopic (exact) mass is 145 g/mol. The molecule has 0 bridgehead atoms. The maximum Gasteiger partial charge on any atom is 0.305 e. The molecule has 0 spiro atoms. The van der Waals surface area contributed by atoms with E-state index >= 15 is 0 Å². The van der Waals surface area contributed by atoms with Crippen molar-refractivity contribution < 1.29 is 20.1 Å². The fourth-order valence-electron chi connectivity index (χ4n) is 0.338. The molecule has 1 atom stereocenters. The van der Waals surface area contributed by atoms with Crippen molar-refractivity contribution >= 4 is 13.8 Å². The Bertz CT molecular complexity index is 132. The van der Waals surface area contributed by atoms with Gasteiger partial charge in [0.15, 0.2) is 7.85 Å². The fourth-order valence-corrected chi connectivity index (χ4v) is 0.338. The third-order valence-electron chi connectivity index (χ3n) is 0.940. The van der Waals surface area contributed by atoms with Gasteiger partial charge in [0.2, 0.25) is 0 Å². The maximum atomic E-state index is 9.90. The number of rotatable bonds is 3. The summed E-state index contributed by atoms with van der Waals surface area (Å²) >= 11 is 0. The van der Waals surface area contributed by atoms with E-state index in [1.165, 1.54) is 0 Å². The quantitative estimate of drug-likeness (QED) is 0.261. The number of carboxylic acids is 1. The number of aliphatic hydroxyl groups is 2. The van der Waals surface area contributed by atoms with Crippen molar-refractivity contribution in [3.05, 3.63) is 0 Å². The lowest BCUT2D eigenvalue weighted by molar-refractivity contribution is -0.144. The van der Waals surface area contributed by atoms with Crippen LogP contribution in [0.5, 0.6) is 0 Å². The first-order valence-electron chi connectivity index (χ1n) is 2.55. The van der Waals surface area contributed by atoms with Crippen LogP contribution in [0.25, 0.3) is 0 Å². The molecule has 0 saturated heterocycles. The van der Waals surface area contributed by atoms with Crippen LogP contribution in [0, 0.1) is 0 Å². The van der Waals surface area contributed by atoms with Gasteiger partial charge in [0.05, 0.1) is 12.5 Å². The van der Waals surface area contributed by atoms with Gasteiger partial charge in [-0.1, -0.05) is 0 Å². The minimum Gasteiger partial charge on any atom is -0.481 e. The molecule has 0 aromatic heterocycles. The second-order valence-electron chi connectivity index (χ2n) is 1.99. The van der Waals surface area contributed by atoms with Gasteiger partial charge in [-0.3, -0.25) is 4.79 Å². The Balaban J connectivity index is 3.85. The van der Waals surface area contributed by atoms with Gasteiger partial charge in [0.25, 0.3) is 0 Å². The molecule has 0 aliphatic heterocycles. The van der Waals surface area contributed by atoms with Gasteiger partial charge >= 0.3 is 5.97 Å². The van der Waals surface area contributed by atoms with Crippen molar-refractivity contribution in [1.29, 1.82) is 0 Å². The molecule has 0 aliphatic carbocycles. The van der Waals surface area contributed by atoms with Crippen molar-refractivity contribution in [2.45, 2.75) is 18.1 Å². The number of hydrogen-bond donors (Lipinski definition) is 4. The number of aliphatic carboxylic acids is 1. The molecule has 0 amide bonds. The van der Waals surface area contributed by atoms with Crippen LogP contribution in [0.15, 0.2) is 0 Å². The smallest absolute Gasteiger partial charge is 0.305 e. The Hall–Kier alpha value is -0.585. The molecule has 10 heavy (non-hydrogen) atoms. The third kappa shape index (κ3) is 3.44. The lowest BCUT2D eigenvalue weighted by Crippen LogP contribution is -2.49. The standard InChI is InChI=1S/C4H8BNO4/c5-4(9,10)2(6)1-3(7)8/h2,9-10H,1,6H2,(H,7,8). The van der Waals surface area contributed by atoms with Crippen LogP contribution in [0.1, 0.15) is 6.42 Å². The summed E-state index contributed by atoms with van der Waals surface area (Å²) in [5, 5.41) is 25.0. The molecule has 5 N–H and O–H groups in total. The summed E-state index contributed by atoms with van der Waals surface area (Å²) in [4.78, 5) is 9.90. The van der Waals surface area contributed by atoms with Crippen LogP contribution >= 0.6 is 0 Å². The molecule has 1 unspecified atom stereocenters. The summed E-state index contributed by atoms with van der Waals surface area (Å²) in [5.41, 5.74) is 2.33. The van der Waals surface area contributed by atoms with Crippen LogP contribution < -0.4 is 5.73 Å². The van der Waals surface area contributed by atoms with E-state index in [0.29, 0.717) is 0 Å². The molecule has 0 heterocycles. The van der Waals surface area contributed by atoms with E-state index in [1.54, 1.807) is 0 Å². The Morgan fingerprint density at radius 1 is 1.70 bits per heavy atom. The van der Waals surface area contributed by atoms with E-state index in [-0.39, 0.29) is 0 Å². The first kappa shape index (κ1) is 9.41. The van der Waals surface area contributed by atoms with E-state index in [9.17, 15) is 4.79 Å². The van der Waals surface area contributed by atoms with Crippen molar-refractivity contribution in [1.82, 2.24) is 0 Å². The lowest BCUT2D eigenvalue weighted by atomic mass is 9.86. The first-order valence-corrected chi connectivity index (χ1v) is 2.55. The van der Waals surface area contributed by atoms with Gasteiger partial charge in [0.1, 0.15) is 5.69 Å². The zero-order valence-electron chi connectivity index (χ0n) is 5.19. The van der Waals surface area contributed by atoms with Gasteiger partial charge in [-0.25, -0.2) is 0 Å². The molecule has 5 nitrogen and oxygen atoms in total. The summed E-state index contributed by atoms with van der Waals surface area (Å²) in [5.74, 6) is -1.23. The summed E-state index contributed by atoms with van der Waals surface area (Å²) in [7, 11) is 4.65. The van der Waals surface area contributed by atoms with E-state index < -0.39 is 24.1 Å². The van der Waals surface area contributed by atoms with Crippen molar-refractivity contribution in [3.8, 4) is 0 Å². The number of nitrogens with two attached hydrogens (primary N) is 1. The van der Waals surface area contributed by atoms with Crippen molar-refractivity contribution in [2.75, 3.05) is 0 Å². The van der Waals surface area contributed by atoms with Crippen LogP contribution in [-0.2, 0) is 4.79 Å². The van der Waals surface area contributed by atoms with Gasteiger partial charge in [-0.05, 0) is 0 Å². The van der Waals surface area contributed by atoms with Gasteiger partial charge in [-0.2, -0.15) is 0 Å². The molecule has 0 rings (SSSR count). The van der Waals surface area contributed by atoms with Gasteiger partial charge in [0, 0.05) is 0 Å². The molecular formula is C4H8BNO4. The van der Waals surface area contributed by atoms with Crippen LogP contribution in [-0.4, -0.2) is 40.9 Å². The van der Waals surface area contributed by atoms with Gasteiger partial charge < -0.3 is 21.1 Å².